The SMILES string of the molecule is O=S(Cl)Cl.O=c1ccc2ccc(O)cc2[nH]1.Oc1ccc2ccc(Cl)nc2c1.[2H]CF. The summed E-state index contributed by atoms with van der Waals surface area (Å²) in [6.07, 6.45) is 0. The largest absolute Gasteiger partial charge is 0.508 e. The van der Waals surface area contributed by atoms with Crippen LogP contribution in [-0.4, -0.2) is 31.5 Å². The zero-order valence-electron chi connectivity index (χ0n) is 16.1. The van der Waals surface area contributed by atoms with Gasteiger partial charge in [-0.3, -0.25) is 9.18 Å². The molecule has 0 atom stereocenters. The lowest BCUT2D eigenvalue weighted by atomic mass is 10.2. The van der Waals surface area contributed by atoms with E-state index in [9.17, 15) is 9.18 Å². The molecule has 0 aliphatic rings. The summed E-state index contributed by atoms with van der Waals surface area (Å²) in [6.45, 7) is 0. The third-order valence-corrected chi connectivity index (χ3v) is 3.56. The molecule has 0 saturated heterocycles. The molecule has 0 amide bonds. The topological polar surface area (TPSA) is 103 Å². The highest BCUT2D eigenvalue weighted by atomic mass is 36.0. The third kappa shape index (κ3) is 8.96. The van der Waals surface area contributed by atoms with Crippen LogP contribution in [-0.2, 0) is 9.23 Å². The highest BCUT2D eigenvalue weighted by Gasteiger charge is 1.96. The van der Waals surface area contributed by atoms with Gasteiger partial charge in [0.25, 0.3) is 0 Å². The molecule has 30 heavy (non-hydrogen) atoms. The number of aromatic hydroxyl groups is 2. The second-order valence-corrected chi connectivity index (χ2v) is 8.20. The van der Waals surface area contributed by atoms with E-state index in [-0.39, 0.29) is 17.1 Å². The van der Waals surface area contributed by atoms with Crippen molar-refractivity contribution in [2.24, 2.45) is 0 Å². The molecule has 0 bridgehead atoms. The summed E-state index contributed by atoms with van der Waals surface area (Å²) < 4.78 is 24.6. The van der Waals surface area contributed by atoms with Crippen LogP contribution in [0.15, 0.2) is 65.5 Å². The summed E-state index contributed by atoms with van der Waals surface area (Å²) in [5.74, 6) is 0.363. The molecular weight excluding hydrogens is 478 g/mol. The van der Waals surface area contributed by atoms with Crippen molar-refractivity contribution in [2.75, 3.05) is 7.15 Å². The fourth-order valence-corrected chi connectivity index (χ4v) is 2.37. The van der Waals surface area contributed by atoms with Gasteiger partial charge in [0.05, 0.1) is 19.6 Å². The first-order valence-corrected chi connectivity index (χ1v) is 11.0. The van der Waals surface area contributed by atoms with Gasteiger partial charge in [-0.15, -0.1) is 0 Å². The number of alkyl halides is 1. The fourth-order valence-electron chi connectivity index (χ4n) is 2.22. The number of fused-ring (bicyclic) bond motifs is 2. The minimum absolute atomic E-state index is 0.157. The van der Waals surface area contributed by atoms with Crippen LogP contribution in [0.1, 0.15) is 1.37 Å². The summed E-state index contributed by atoms with van der Waals surface area (Å²) in [7, 11) is 6.36. The second-order valence-electron chi connectivity index (χ2n) is 5.29. The number of hydrogen-bond acceptors (Lipinski definition) is 5. The maximum Gasteiger partial charge on any atom is 0.248 e. The van der Waals surface area contributed by atoms with E-state index in [1.165, 1.54) is 12.1 Å². The van der Waals surface area contributed by atoms with Crippen molar-refractivity contribution in [3.63, 3.8) is 0 Å². The molecule has 0 aliphatic carbocycles. The summed E-state index contributed by atoms with van der Waals surface area (Å²) >= 11 is 5.68. The van der Waals surface area contributed by atoms with E-state index in [4.69, 9.17) is 27.4 Å². The van der Waals surface area contributed by atoms with Crippen molar-refractivity contribution >= 4 is 64.0 Å². The van der Waals surface area contributed by atoms with Gasteiger partial charge in [-0.2, -0.15) is 0 Å². The molecule has 160 valence electrons. The number of aromatic nitrogens is 2. The van der Waals surface area contributed by atoms with Gasteiger partial charge in [-0.1, -0.05) is 11.6 Å². The Hall–Kier alpha value is -2.39. The van der Waals surface area contributed by atoms with E-state index in [1.807, 2.05) is 6.07 Å². The number of hydrogen-bond donors (Lipinski definition) is 3. The smallest absolute Gasteiger partial charge is 0.248 e. The lowest BCUT2D eigenvalue weighted by Gasteiger charge is -1.97. The van der Waals surface area contributed by atoms with Crippen LogP contribution in [0, 0.1) is 0 Å². The molecule has 0 unspecified atom stereocenters. The number of rotatable bonds is 0. The van der Waals surface area contributed by atoms with Crippen LogP contribution in [0.2, 0.25) is 5.15 Å². The van der Waals surface area contributed by atoms with Gasteiger partial charge >= 0.3 is 0 Å². The molecule has 6 nitrogen and oxygen atoms in total. The molecule has 0 aliphatic heterocycles. The first-order chi connectivity index (χ1) is 14.7. The zero-order chi connectivity index (χ0) is 23.4. The van der Waals surface area contributed by atoms with Crippen LogP contribution >= 0.6 is 33.0 Å². The van der Waals surface area contributed by atoms with E-state index in [2.05, 4.69) is 31.3 Å². The lowest BCUT2D eigenvalue weighted by Crippen LogP contribution is -2.01. The lowest BCUT2D eigenvalue weighted by molar-refractivity contribution is 0.475. The maximum absolute atomic E-state index is 10.9. The molecule has 11 heteroatoms. The summed E-state index contributed by atoms with van der Waals surface area (Å²) in [6, 6.07) is 16.6. The number of benzene rings is 2. The normalized spacial score (nSPS) is 10.1. The van der Waals surface area contributed by atoms with Gasteiger partial charge in [-0.05, 0) is 47.9 Å². The first kappa shape index (κ1) is 23.9. The summed E-state index contributed by atoms with van der Waals surface area (Å²) in [4.78, 5) is 17.5. The molecule has 2 aromatic heterocycles. The Kier molecular flexibility index (Phi) is 10.4. The van der Waals surface area contributed by atoms with Crippen molar-refractivity contribution in [3.8, 4) is 11.5 Å². The molecule has 4 aromatic rings. The van der Waals surface area contributed by atoms with Crippen LogP contribution in [0.4, 0.5) is 4.39 Å². The Morgan fingerprint density at radius 1 is 1.00 bits per heavy atom. The second kappa shape index (κ2) is 13.0. The number of aromatic amines is 1. The van der Waals surface area contributed by atoms with Crippen LogP contribution < -0.4 is 5.56 Å². The summed E-state index contributed by atoms with van der Waals surface area (Å²) in [5.41, 5.74) is 1.21. The molecule has 0 radical (unpaired) electrons. The van der Waals surface area contributed by atoms with Crippen molar-refractivity contribution in [3.05, 3.63) is 76.2 Å². The predicted molar refractivity (Wildman–Crippen MR) is 122 cm³/mol. The Balaban J connectivity index is 0.000000240. The average Bonchev–Trinajstić information content (AvgIpc) is 2.68. The highest BCUT2D eigenvalue weighted by molar-refractivity contribution is 8.26. The quantitative estimate of drug-likeness (QED) is 0.223. The first-order valence-electron chi connectivity index (χ1n) is 8.53. The van der Waals surface area contributed by atoms with Gasteiger partial charge in [-0.25, -0.2) is 9.19 Å². The maximum atomic E-state index is 10.9. The Morgan fingerprint density at radius 3 is 2.13 bits per heavy atom. The van der Waals surface area contributed by atoms with Crippen LogP contribution in [0.5, 0.6) is 11.5 Å². The van der Waals surface area contributed by atoms with Crippen LogP contribution in [0.3, 0.4) is 0 Å². The number of phenolic OH excluding ortho intramolecular Hbond substituents is 2. The van der Waals surface area contributed by atoms with Gasteiger partial charge in [0, 0.05) is 45.0 Å². The van der Waals surface area contributed by atoms with E-state index >= 15 is 0 Å². The number of pyridine rings is 2. The van der Waals surface area contributed by atoms with Gasteiger partial charge in [0.2, 0.25) is 14.8 Å². The van der Waals surface area contributed by atoms with Crippen molar-refractivity contribution in [1.29, 1.82) is 0 Å². The molecule has 0 saturated carbocycles. The molecule has 3 N–H and O–H groups in total. The molecular formula is C19H16Cl3FN2O4S. The monoisotopic (exact) mass is 493 g/mol. The van der Waals surface area contributed by atoms with Crippen molar-refractivity contribution in [2.45, 2.75) is 0 Å². The molecule has 0 fully saturated rings. The molecule has 2 heterocycles. The van der Waals surface area contributed by atoms with E-state index in [0.29, 0.717) is 16.2 Å². The van der Waals surface area contributed by atoms with Crippen molar-refractivity contribution in [1.82, 2.24) is 9.97 Å². The predicted octanol–water partition coefficient (Wildman–Crippen LogP) is 5.46. The summed E-state index contributed by atoms with van der Waals surface area (Å²) in [5, 5.41) is 20.6. The minimum Gasteiger partial charge on any atom is -0.508 e. The van der Waals surface area contributed by atoms with Crippen molar-refractivity contribution < 1.29 is 20.2 Å². The Morgan fingerprint density at radius 2 is 1.50 bits per heavy atom. The molecule has 2 aromatic carbocycles. The van der Waals surface area contributed by atoms with Gasteiger partial charge < -0.3 is 15.2 Å². The standard InChI is InChI=1S/C9H6ClNO.C9H7NO2.CH3F.Cl2OS/c10-9-4-2-6-1-3-7(12)5-8(6)11-9;11-7-3-1-6-2-4-9(12)10-8(6)5-7;1-2;1-4(2)3/h1-5,12H;1-5,11H,(H,10,12);1H3;/i;;1D;. The van der Waals surface area contributed by atoms with E-state index in [1.54, 1.807) is 42.5 Å². The van der Waals surface area contributed by atoms with Gasteiger partial charge in [0.1, 0.15) is 16.7 Å². The van der Waals surface area contributed by atoms with Gasteiger partial charge in [0.15, 0.2) is 0 Å². The zero-order valence-corrected chi connectivity index (χ0v) is 18.1. The van der Waals surface area contributed by atoms with Crippen LogP contribution in [0.25, 0.3) is 21.8 Å². The van der Waals surface area contributed by atoms with E-state index < -0.39 is 16.4 Å². The third-order valence-electron chi connectivity index (χ3n) is 3.35. The van der Waals surface area contributed by atoms with E-state index in [0.717, 1.165) is 10.8 Å². The number of nitrogens with one attached hydrogen (secondary N) is 1. The molecule has 4 rings (SSSR count). The Bertz CT molecular complexity index is 1170. The Labute approximate surface area is 188 Å². The minimum atomic E-state index is -1.67. The highest BCUT2D eigenvalue weighted by Crippen LogP contribution is 2.19. The fraction of sp³-hybridized carbons (Fsp3) is 0.0526. The number of halogens is 4. The number of nitrogens with zero attached hydrogens (tertiary/aromatic N) is 1. The number of phenols is 2. The average molecular weight is 495 g/mol. The number of H-pyrrole nitrogens is 1. The molecule has 0 spiro atoms.